The number of thiophene rings is 1. The van der Waals surface area contributed by atoms with Crippen molar-refractivity contribution in [2.75, 3.05) is 42.9 Å². The summed E-state index contributed by atoms with van der Waals surface area (Å²) >= 11 is 1.58. The van der Waals surface area contributed by atoms with Gasteiger partial charge in [0.05, 0.1) is 6.42 Å². The van der Waals surface area contributed by atoms with Gasteiger partial charge in [-0.3, -0.25) is 4.79 Å². The molecule has 23 heavy (non-hydrogen) atoms. The number of piperazine rings is 1. The van der Waals surface area contributed by atoms with Crippen LogP contribution in [0.5, 0.6) is 0 Å². The van der Waals surface area contributed by atoms with Crippen LogP contribution in [0.2, 0.25) is 0 Å². The Balaban J connectivity index is 1.54. The van der Waals surface area contributed by atoms with Crippen LogP contribution < -0.4 is 10.2 Å². The summed E-state index contributed by atoms with van der Waals surface area (Å²) in [5.41, 5.74) is 0. The number of hydrogen-bond acceptors (Lipinski definition) is 6. The Morgan fingerprint density at radius 1 is 1.22 bits per heavy atom. The first kappa shape index (κ1) is 15.9. The van der Waals surface area contributed by atoms with Gasteiger partial charge in [-0.05, 0) is 30.1 Å². The normalized spacial score (nSPS) is 15.6. The molecule has 1 amide bonds. The molecule has 3 rings (SSSR count). The number of nitrogens with zero attached hydrogens (tertiary/aromatic N) is 4. The Morgan fingerprint density at radius 3 is 2.65 bits per heavy atom. The number of amides is 1. The Hall–Kier alpha value is -1.99. The lowest BCUT2D eigenvalue weighted by atomic mass is 10.3. The fourth-order valence-electron chi connectivity index (χ4n) is 2.61. The molecule has 7 heteroatoms. The smallest absolute Gasteiger partial charge is 0.230 e. The van der Waals surface area contributed by atoms with Crippen molar-refractivity contribution in [2.45, 2.75) is 13.3 Å². The van der Waals surface area contributed by atoms with Crippen LogP contribution in [-0.2, 0) is 11.2 Å². The van der Waals surface area contributed by atoms with E-state index in [1.54, 1.807) is 11.3 Å². The Bertz CT molecular complexity index is 620. The van der Waals surface area contributed by atoms with Gasteiger partial charge >= 0.3 is 0 Å². The van der Waals surface area contributed by atoms with Crippen molar-refractivity contribution < 1.29 is 4.79 Å². The second kappa shape index (κ2) is 7.52. The molecule has 0 atom stereocenters. The van der Waals surface area contributed by atoms with E-state index in [-0.39, 0.29) is 5.91 Å². The van der Waals surface area contributed by atoms with E-state index in [0.29, 0.717) is 12.2 Å². The van der Waals surface area contributed by atoms with Crippen LogP contribution in [0.1, 0.15) is 11.8 Å². The van der Waals surface area contributed by atoms with Crippen LogP contribution in [-0.4, -0.2) is 53.7 Å². The summed E-state index contributed by atoms with van der Waals surface area (Å²) in [4.78, 5) is 17.6. The quantitative estimate of drug-likeness (QED) is 0.906. The molecule has 0 radical (unpaired) electrons. The summed E-state index contributed by atoms with van der Waals surface area (Å²) in [5, 5.41) is 13.1. The molecule has 3 heterocycles. The topological polar surface area (TPSA) is 61.4 Å². The van der Waals surface area contributed by atoms with Crippen LogP contribution in [0, 0.1) is 0 Å². The van der Waals surface area contributed by atoms with Gasteiger partial charge in [0, 0.05) is 31.1 Å². The number of hydrogen-bond donors (Lipinski definition) is 1. The van der Waals surface area contributed by atoms with Crippen LogP contribution in [0.4, 0.5) is 11.6 Å². The highest BCUT2D eigenvalue weighted by molar-refractivity contribution is 7.10. The molecule has 0 bridgehead atoms. The summed E-state index contributed by atoms with van der Waals surface area (Å²) in [5.74, 6) is 1.31. The van der Waals surface area contributed by atoms with E-state index in [1.807, 2.05) is 29.6 Å². The highest BCUT2D eigenvalue weighted by atomic mass is 32.1. The standard InChI is InChI=1S/C16H21N5OS/c1-2-20-7-9-21(10-8-20)15-6-5-14(18-19-15)17-16(22)12-13-4-3-11-23-13/h3-6,11H,2,7-10,12H2,1H3,(H,17,18,22). The van der Waals surface area contributed by atoms with Crippen LogP contribution >= 0.6 is 11.3 Å². The van der Waals surface area contributed by atoms with Crippen molar-refractivity contribution >= 4 is 28.9 Å². The highest BCUT2D eigenvalue weighted by Gasteiger charge is 2.17. The molecule has 1 N–H and O–H groups in total. The third-order valence-corrected chi connectivity index (χ3v) is 4.85. The monoisotopic (exact) mass is 331 g/mol. The molecular weight excluding hydrogens is 310 g/mol. The molecule has 0 aromatic carbocycles. The average molecular weight is 331 g/mol. The molecule has 1 aliphatic rings. The lowest BCUT2D eigenvalue weighted by Crippen LogP contribution is -2.46. The lowest BCUT2D eigenvalue weighted by molar-refractivity contribution is -0.115. The van der Waals surface area contributed by atoms with Gasteiger partial charge < -0.3 is 15.1 Å². The highest BCUT2D eigenvalue weighted by Crippen LogP contribution is 2.15. The first-order valence-electron chi connectivity index (χ1n) is 7.88. The van der Waals surface area contributed by atoms with Gasteiger partial charge in [-0.1, -0.05) is 13.0 Å². The Morgan fingerprint density at radius 2 is 2.04 bits per heavy atom. The van der Waals surface area contributed by atoms with Gasteiger partial charge in [-0.2, -0.15) is 0 Å². The average Bonchev–Trinajstić information content (AvgIpc) is 3.08. The molecule has 1 aliphatic heterocycles. The largest absolute Gasteiger partial charge is 0.353 e. The van der Waals surface area contributed by atoms with Crippen LogP contribution in [0.3, 0.4) is 0 Å². The first-order valence-corrected chi connectivity index (χ1v) is 8.76. The number of anilines is 2. The summed E-state index contributed by atoms with van der Waals surface area (Å²) < 4.78 is 0. The zero-order valence-electron chi connectivity index (χ0n) is 13.2. The minimum atomic E-state index is -0.0638. The number of nitrogens with one attached hydrogen (secondary N) is 1. The third-order valence-electron chi connectivity index (χ3n) is 3.98. The van der Waals surface area contributed by atoms with Crippen molar-refractivity contribution in [1.82, 2.24) is 15.1 Å². The van der Waals surface area contributed by atoms with Gasteiger partial charge in [-0.25, -0.2) is 0 Å². The number of aromatic nitrogens is 2. The molecule has 1 fully saturated rings. The fourth-order valence-corrected chi connectivity index (χ4v) is 3.32. The van der Waals surface area contributed by atoms with Crippen molar-refractivity contribution in [3.8, 4) is 0 Å². The first-order chi connectivity index (χ1) is 11.2. The Labute approximate surface area is 140 Å². The van der Waals surface area contributed by atoms with Crippen LogP contribution in [0.25, 0.3) is 0 Å². The van der Waals surface area contributed by atoms with E-state index in [9.17, 15) is 4.79 Å². The third kappa shape index (κ3) is 4.27. The zero-order chi connectivity index (χ0) is 16.1. The van der Waals surface area contributed by atoms with E-state index in [1.165, 1.54) is 0 Å². The minimum Gasteiger partial charge on any atom is -0.353 e. The molecule has 122 valence electrons. The van der Waals surface area contributed by atoms with E-state index in [2.05, 4.69) is 32.2 Å². The van der Waals surface area contributed by atoms with E-state index in [4.69, 9.17) is 0 Å². The lowest BCUT2D eigenvalue weighted by Gasteiger charge is -2.34. The zero-order valence-corrected chi connectivity index (χ0v) is 14.1. The minimum absolute atomic E-state index is 0.0638. The summed E-state index contributed by atoms with van der Waals surface area (Å²) in [6, 6.07) is 7.64. The molecule has 0 saturated carbocycles. The second-order valence-corrected chi connectivity index (χ2v) is 6.53. The molecule has 0 unspecified atom stereocenters. The summed E-state index contributed by atoms with van der Waals surface area (Å²) in [6.45, 7) is 7.31. The predicted molar refractivity (Wildman–Crippen MR) is 93.0 cm³/mol. The van der Waals surface area contributed by atoms with Gasteiger partial charge in [-0.15, -0.1) is 21.5 Å². The number of rotatable bonds is 5. The Kier molecular flexibility index (Phi) is 5.19. The van der Waals surface area contributed by atoms with Gasteiger partial charge in [0.2, 0.25) is 5.91 Å². The van der Waals surface area contributed by atoms with Crippen molar-refractivity contribution in [2.24, 2.45) is 0 Å². The molecule has 0 spiro atoms. The van der Waals surface area contributed by atoms with Crippen molar-refractivity contribution in [1.29, 1.82) is 0 Å². The molecule has 2 aromatic heterocycles. The molecule has 2 aromatic rings. The molecule has 0 aliphatic carbocycles. The maximum atomic E-state index is 11.9. The number of carbonyl (C=O) groups excluding carboxylic acids is 1. The second-order valence-electron chi connectivity index (χ2n) is 5.50. The molecule has 1 saturated heterocycles. The van der Waals surface area contributed by atoms with Gasteiger partial charge in [0.25, 0.3) is 0 Å². The van der Waals surface area contributed by atoms with E-state index >= 15 is 0 Å². The number of likely N-dealkylation sites (N-methyl/N-ethyl adjacent to an activating group) is 1. The fraction of sp³-hybridized carbons (Fsp3) is 0.438. The number of carbonyl (C=O) groups is 1. The van der Waals surface area contributed by atoms with Crippen LogP contribution in [0.15, 0.2) is 29.6 Å². The van der Waals surface area contributed by atoms with Gasteiger partial charge in [0.15, 0.2) is 11.6 Å². The van der Waals surface area contributed by atoms with Crippen molar-refractivity contribution in [3.63, 3.8) is 0 Å². The predicted octanol–water partition coefficient (Wildman–Crippen LogP) is 1.86. The summed E-state index contributed by atoms with van der Waals surface area (Å²) in [6.07, 6.45) is 0.375. The SMILES string of the molecule is CCN1CCN(c2ccc(NC(=O)Cc3cccs3)nn2)CC1. The van der Waals surface area contributed by atoms with Crippen molar-refractivity contribution in [3.05, 3.63) is 34.5 Å². The molecule has 6 nitrogen and oxygen atoms in total. The van der Waals surface area contributed by atoms with E-state index < -0.39 is 0 Å². The maximum Gasteiger partial charge on any atom is 0.230 e. The summed E-state index contributed by atoms with van der Waals surface area (Å²) in [7, 11) is 0. The van der Waals surface area contributed by atoms with Gasteiger partial charge in [0.1, 0.15) is 0 Å². The maximum absolute atomic E-state index is 11.9. The molecular formula is C16H21N5OS. The van der Waals surface area contributed by atoms with E-state index in [0.717, 1.165) is 43.4 Å².